The lowest BCUT2D eigenvalue weighted by Crippen LogP contribution is -2.50. The smallest absolute Gasteiger partial charge is 0.399 e. The monoisotopic (exact) mass is 1100 g/mol. The first-order valence-electron chi connectivity index (χ1n) is 23.9. The number of nitrogens with one attached hydrogen (secondary N) is 1. The largest absolute Gasteiger partial charge is 0.487 e. The van der Waals surface area contributed by atoms with E-state index >= 15 is 8.78 Å². The molecule has 4 atom stereocenters. The molecule has 0 bridgehead atoms. The second-order valence-corrected chi connectivity index (χ2v) is 19.6. The molecule has 2 saturated heterocycles. The topological polar surface area (TPSA) is 184 Å². The van der Waals surface area contributed by atoms with E-state index in [-0.39, 0.29) is 60.5 Å². The Labute approximate surface area is 438 Å². The van der Waals surface area contributed by atoms with Gasteiger partial charge in [-0.2, -0.15) is 31.1 Å². The molecule has 4 aliphatic rings. The average molecular weight is 1100 g/mol. The maximum Gasteiger partial charge on any atom is 0.399 e. The third kappa shape index (κ3) is 14.2. The summed E-state index contributed by atoms with van der Waals surface area (Å²) in [6.07, 6.45) is 5.80. The lowest BCUT2D eigenvalue weighted by Gasteiger charge is -2.30. The second-order valence-electron chi connectivity index (χ2n) is 18.7. The Morgan fingerprint density at radius 3 is 1.53 bits per heavy atom. The van der Waals surface area contributed by atoms with Crippen LogP contribution in [0.2, 0.25) is 10.0 Å². The molecular formula is C52H56Cl2F6N4O9S. The highest BCUT2D eigenvalue weighted by molar-refractivity contribution is 7.59. The number of hydrogen-bond acceptors (Lipinski definition) is 11. The van der Waals surface area contributed by atoms with Crippen LogP contribution in [0.5, 0.6) is 11.5 Å². The number of halogens is 8. The Morgan fingerprint density at radius 1 is 0.662 bits per heavy atom. The number of rotatable bonds is 17. The van der Waals surface area contributed by atoms with Crippen LogP contribution >= 0.6 is 36.7 Å². The number of nitrogens with zero attached hydrogens (tertiary/aromatic N) is 2. The molecule has 74 heavy (non-hydrogen) atoms. The maximum absolute atomic E-state index is 15.2. The van der Waals surface area contributed by atoms with Gasteiger partial charge in [0.05, 0.1) is 24.4 Å². The highest BCUT2D eigenvalue weighted by Crippen LogP contribution is 2.37. The third-order valence-electron chi connectivity index (χ3n) is 12.8. The summed E-state index contributed by atoms with van der Waals surface area (Å²) in [6, 6.07) is 17.9. The zero-order valence-corrected chi connectivity index (χ0v) is 42.2. The van der Waals surface area contributed by atoms with Gasteiger partial charge in [0.25, 0.3) is 5.91 Å². The maximum atomic E-state index is 15.2. The van der Waals surface area contributed by atoms with Gasteiger partial charge < -0.3 is 54.5 Å². The number of carbonyl (C=O) groups is 2. The van der Waals surface area contributed by atoms with E-state index < -0.39 is 71.2 Å². The van der Waals surface area contributed by atoms with Gasteiger partial charge >= 0.3 is 17.8 Å². The Kier molecular flexibility index (Phi) is 18.5. The Hall–Kier alpha value is -5.19. The van der Waals surface area contributed by atoms with Crippen molar-refractivity contribution in [1.29, 1.82) is 0 Å². The summed E-state index contributed by atoms with van der Waals surface area (Å²) in [7, 11) is 0. The molecule has 0 spiro atoms. The third-order valence-corrected chi connectivity index (χ3v) is 13.3. The highest BCUT2D eigenvalue weighted by Gasteiger charge is 2.47. The summed E-state index contributed by atoms with van der Waals surface area (Å²) < 4.78 is 106. The molecule has 2 saturated carbocycles. The lowest BCUT2D eigenvalue weighted by atomic mass is 10.0. The Bertz CT molecular complexity index is 2890. The molecular weight excluding hydrogens is 1040 g/mol. The van der Waals surface area contributed by atoms with Crippen LogP contribution in [0, 0.1) is 11.6 Å². The number of alkyl halides is 4. The van der Waals surface area contributed by atoms with Crippen molar-refractivity contribution in [2.24, 2.45) is 5.73 Å². The number of nitrogens with two attached hydrogens (primary N) is 1. The summed E-state index contributed by atoms with van der Waals surface area (Å²) in [5.41, 5.74) is 7.07. The van der Waals surface area contributed by atoms with E-state index in [4.69, 9.17) is 52.4 Å². The fourth-order valence-electron chi connectivity index (χ4n) is 8.45. The number of benzene rings is 4. The summed E-state index contributed by atoms with van der Waals surface area (Å²) >= 11 is 11.6. The second kappa shape index (κ2) is 24.2. The van der Waals surface area contributed by atoms with Crippen molar-refractivity contribution in [3.63, 3.8) is 0 Å². The SMILES string of the molecule is N[C@H](CN1CCCC1)[C@H](O)c1ccc(OC2CC2)c(F)c1.O=C(N[C@H](CN1CCCC1)[C@H](O)c1ccc(OC2CC2)c(F)c1)C(F)(F)c1cc2cc(Cl)ccc2o1.O=C(O)C(F)(F)c1cc2cc(Cl)ccc2o1.S. The number of furan rings is 2. The Morgan fingerprint density at radius 2 is 1.09 bits per heavy atom. The number of carbonyl (C=O) groups excluding carboxylic acids is 1. The number of aliphatic hydroxyl groups excluding tert-OH is 2. The fraction of sp³-hybridized carbons (Fsp3) is 0.423. The number of aliphatic carboxylic acids is 1. The van der Waals surface area contributed by atoms with E-state index in [0.29, 0.717) is 46.0 Å². The molecule has 2 aromatic heterocycles. The van der Waals surface area contributed by atoms with Crippen molar-refractivity contribution in [2.75, 3.05) is 39.3 Å². The highest BCUT2D eigenvalue weighted by atomic mass is 35.5. The molecule has 4 fully saturated rings. The van der Waals surface area contributed by atoms with Crippen LogP contribution < -0.4 is 20.5 Å². The van der Waals surface area contributed by atoms with Crippen molar-refractivity contribution in [1.82, 2.24) is 15.1 Å². The van der Waals surface area contributed by atoms with E-state index in [0.717, 1.165) is 69.8 Å². The van der Waals surface area contributed by atoms with Crippen LogP contribution in [0.25, 0.3) is 21.9 Å². The van der Waals surface area contributed by atoms with Gasteiger partial charge in [-0.05, 0) is 161 Å². The minimum Gasteiger partial charge on any atom is -0.487 e. The molecule has 400 valence electrons. The van der Waals surface area contributed by atoms with Crippen LogP contribution in [0.4, 0.5) is 26.3 Å². The van der Waals surface area contributed by atoms with Gasteiger partial charge in [-0.25, -0.2) is 13.6 Å². The average Bonchev–Trinajstić information content (AvgIpc) is 4.03. The van der Waals surface area contributed by atoms with E-state index in [1.54, 1.807) is 12.1 Å². The summed E-state index contributed by atoms with van der Waals surface area (Å²) in [6.45, 7) is 4.25. The molecule has 6 N–H and O–H groups in total. The molecule has 0 unspecified atom stereocenters. The van der Waals surface area contributed by atoms with Crippen molar-refractivity contribution >= 4 is 70.5 Å². The Balaban J connectivity index is 0.000000178. The molecule has 13 nitrogen and oxygen atoms in total. The zero-order valence-electron chi connectivity index (χ0n) is 39.7. The van der Waals surface area contributed by atoms with Crippen LogP contribution in [-0.4, -0.2) is 101 Å². The van der Waals surface area contributed by atoms with Crippen molar-refractivity contribution in [2.45, 2.75) is 99.7 Å². The van der Waals surface area contributed by atoms with Crippen LogP contribution in [0.15, 0.2) is 93.8 Å². The number of carboxylic acid groups (broad SMARTS) is 1. The molecule has 0 radical (unpaired) electrons. The van der Waals surface area contributed by atoms with Gasteiger partial charge in [-0.3, -0.25) is 4.79 Å². The van der Waals surface area contributed by atoms with Gasteiger partial charge in [0.1, 0.15) is 17.3 Å². The number of ether oxygens (including phenoxy) is 2. The molecule has 4 heterocycles. The first-order valence-corrected chi connectivity index (χ1v) is 24.7. The molecule has 2 aliphatic carbocycles. The summed E-state index contributed by atoms with van der Waals surface area (Å²) in [4.78, 5) is 27.4. The zero-order chi connectivity index (χ0) is 52.2. The minimum absolute atomic E-state index is 0. The quantitative estimate of drug-likeness (QED) is 0.0546. The number of fused-ring (bicyclic) bond motifs is 2. The van der Waals surface area contributed by atoms with Crippen LogP contribution in [-0.2, 0) is 21.4 Å². The summed E-state index contributed by atoms with van der Waals surface area (Å²) in [5, 5.41) is 33.4. The molecule has 10 rings (SSSR count). The van der Waals surface area contributed by atoms with E-state index in [1.165, 1.54) is 67.4 Å². The molecule has 2 aliphatic heterocycles. The molecule has 4 aromatic carbocycles. The molecule has 1 amide bonds. The number of aliphatic hydroxyl groups is 2. The van der Waals surface area contributed by atoms with E-state index in [9.17, 15) is 37.4 Å². The van der Waals surface area contributed by atoms with Gasteiger partial charge in [0.15, 0.2) is 34.7 Å². The first kappa shape index (κ1) is 56.5. The predicted molar refractivity (Wildman–Crippen MR) is 270 cm³/mol. The van der Waals surface area contributed by atoms with Crippen LogP contribution in [0.3, 0.4) is 0 Å². The normalized spacial score (nSPS) is 17.8. The molecule has 22 heteroatoms. The lowest BCUT2D eigenvalue weighted by molar-refractivity contribution is -0.168. The predicted octanol–water partition coefficient (Wildman–Crippen LogP) is 10.4. The van der Waals surface area contributed by atoms with E-state index in [2.05, 4.69) is 10.2 Å². The molecule has 6 aromatic rings. The van der Waals surface area contributed by atoms with Gasteiger partial charge in [0.2, 0.25) is 0 Å². The first-order chi connectivity index (χ1) is 34.7. The van der Waals surface area contributed by atoms with Gasteiger partial charge in [-0.15, -0.1) is 0 Å². The van der Waals surface area contributed by atoms with Crippen LogP contribution in [0.1, 0.15) is 86.2 Å². The number of amides is 1. The summed E-state index contributed by atoms with van der Waals surface area (Å²) in [5.74, 6) is -14.4. The van der Waals surface area contributed by atoms with E-state index in [1.807, 2.05) is 4.90 Å². The van der Waals surface area contributed by atoms with Crippen molar-refractivity contribution in [3.05, 3.63) is 129 Å². The van der Waals surface area contributed by atoms with Crippen molar-refractivity contribution < 1.29 is 69.6 Å². The van der Waals surface area contributed by atoms with Crippen molar-refractivity contribution in [3.8, 4) is 11.5 Å². The van der Waals surface area contributed by atoms with Gasteiger partial charge in [-0.1, -0.05) is 35.3 Å². The number of likely N-dealkylation sites (tertiary alicyclic amines) is 2. The fourth-order valence-corrected chi connectivity index (χ4v) is 8.81. The minimum atomic E-state index is -4.04. The van der Waals surface area contributed by atoms with Gasteiger partial charge in [0, 0.05) is 39.9 Å². The number of hydrogen-bond donors (Lipinski definition) is 5. The standard InChI is InChI=1S/C26H26ClF3N2O4.C16H23FN2O2.C10H5ClF2O3.H2S/c27-17-4-8-21-16(11-17)13-23(36-21)26(29,30)25(34)31-20(14-32-9-1-2-10-32)24(33)15-3-7-22(19(28)12-15)35-18-5-6-18;17-13-9-11(3-6-15(13)21-12-4-5-12)16(20)14(18)10-19-7-1-2-8-19;11-6-1-2-7-5(3-6)4-8(16-7)10(12,13)9(14)15;/h3-4,7-8,11-13,18,20,24,33H,1-2,5-6,9-10,14H2,(H,31,34);3,6,9,12,14,16,20H,1-2,4-5,7-8,10,18H2;1-4H,(H,14,15);1H2/t20-,24-;14-,16-;;/m11../s1. The number of carboxylic acids is 1.